The molecule has 0 radical (unpaired) electrons. The summed E-state index contributed by atoms with van der Waals surface area (Å²) in [7, 11) is 3.05. The van der Waals surface area contributed by atoms with Crippen LogP contribution < -0.4 is 14.4 Å². The van der Waals surface area contributed by atoms with Crippen LogP contribution in [0.1, 0.15) is 53.1 Å². The van der Waals surface area contributed by atoms with E-state index in [2.05, 4.69) is 28.4 Å². The zero-order chi connectivity index (χ0) is 26.4. The Kier molecular flexibility index (Phi) is 6.60. The molecule has 5 rings (SSSR count). The Morgan fingerprint density at radius 3 is 2.30 bits per heavy atom. The molecule has 2 aromatic carbocycles. The van der Waals surface area contributed by atoms with Crippen LogP contribution in [0, 0.1) is 6.92 Å². The number of fused-ring (bicyclic) bond motifs is 1. The molecule has 1 atom stereocenters. The molecule has 0 fully saturated rings. The SMILES string of the molecule is COc1ncc(-c2cc3c(n2C(C)C)[C@@H](c2ccc(Cl)cc2)N(c2cc(Cl)ccc2C)C3=O)c(OC)n1. The molecule has 7 nitrogen and oxygen atoms in total. The predicted molar refractivity (Wildman–Crippen MR) is 145 cm³/mol. The van der Waals surface area contributed by atoms with E-state index in [0.29, 0.717) is 27.1 Å². The molecule has 9 heteroatoms. The van der Waals surface area contributed by atoms with Crippen LogP contribution in [-0.4, -0.2) is 34.7 Å². The normalized spacial score (nSPS) is 14.9. The fourth-order valence-corrected chi connectivity index (χ4v) is 5.24. The summed E-state index contributed by atoms with van der Waals surface area (Å²) >= 11 is 12.6. The molecule has 4 aromatic rings. The van der Waals surface area contributed by atoms with Crippen molar-refractivity contribution in [1.82, 2.24) is 14.5 Å². The minimum absolute atomic E-state index is 0.00793. The first-order valence-electron chi connectivity index (χ1n) is 11.8. The van der Waals surface area contributed by atoms with Crippen LogP contribution in [0.15, 0.2) is 54.7 Å². The number of benzene rings is 2. The highest BCUT2D eigenvalue weighted by Crippen LogP contribution is 2.48. The Morgan fingerprint density at radius 1 is 0.946 bits per heavy atom. The maximum Gasteiger partial charge on any atom is 0.319 e. The molecule has 0 saturated carbocycles. The number of hydrogen-bond acceptors (Lipinski definition) is 5. The van der Waals surface area contributed by atoms with Crippen molar-refractivity contribution in [3.63, 3.8) is 0 Å². The van der Waals surface area contributed by atoms with Crippen LogP contribution in [0.4, 0.5) is 5.69 Å². The molecule has 1 amide bonds. The first-order chi connectivity index (χ1) is 17.7. The molecule has 2 aromatic heterocycles. The quantitative estimate of drug-likeness (QED) is 0.267. The van der Waals surface area contributed by atoms with E-state index in [1.165, 1.54) is 7.11 Å². The monoisotopic (exact) mass is 536 g/mol. The number of aromatic nitrogens is 3. The maximum atomic E-state index is 14.1. The third-order valence-corrected chi connectivity index (χ3v) is 7.05. The smallest absolute Gasteiger partial charge is 0.319 e. The van der Waals surface area contributed by atoms with Crippen LogP contribution in [0.2, 0.25) is 10.0 Å². The van der Waals surface area contributed by atoms with Gasteiger partial charge in [-0.1, -0.05) is 41.4 Å². The average molecular weight is 537 g/mol. The van der Waals surface area contributed by atoms with Gasteiger partial charge in [0, 0.05) is 28.0 Å². The average Bonchev–Trinajstić information content (AvgIpc) is 3.40. The molecule has 190 valence electrons. The zero-order valence-corrected chi connectivity index (χ0v) is 22.6. The second-order valence-electron chi connectivity index (χ2n) is 9.13. The number of carbonyl (C=O) groups is 1. The highest BCUT2D eigenvalue weighted by molar-refractivity contribution is 6.31. The molecule has 0 unspecified atom stereocenters. The molecule has 0 bridgehead atoms. The first kappa shape index (κ1) is 25.1. The molecule has 37 heavy (non-hydrogen) atoms. The van der Waals surface area contributed by atoms with Gasteiger partial charge in [0.25, 0.3) is 5.91 Å². The van der Waals surface area contributed by atoms with Gasteiger partial charge in [0.1, 0.15) is 6.04 Å². The first-order valence-corrected chi connectivity index (χ1v) is 12.6. The lowest BCUT2D eigenvalue weighted by Gasteiger charge is -2.30. The topological polar surface area (TPSA) is 69.5 Å². The largest absolute Gasteiger partial charge is 0.480 e. The standard InChI is InChI=1S/C28H26Cl2N4O3/c1-15(2)33-23(21-14-31-28(37-5)32-26(21)36-4)13-20-25(33)24(17-7-10-18(29)11-8-17)34(27(20)35)22-12-19(30)9-6-16(22)3/h6-15,24H,1-5H3/t24-/m1/s1. The van der Waals surface area contributed by atoms with Crippen LogP contribution in [-0.2, 0) is 0 Å². The predicted octanol–water partition coefficient (Wildman–Crippen LogP) is 6.91. The minimum Gasteiger partial charge on any atom is -0.480 e. The molecule has 0 saturated heterocycles. The lowest BCUT2D eigenvalue weighted by atomic mass is 10.0. The van der Waals surface area contributed by atoms with Crippen LogP contribution in [0.5, 0.6) is 11.9 Å². The van der Waals surface area contributed by atoms with Gasteiger partial charge in [-0.05, 0) is 62.2 Å². The van der Waals surface area contributed by atoms with E-state index in [4.69, 9.17) is 32.7 Å². The summed E-state index contributed by atoms with van der Waals surface area (Å²) in [5.74, 6) is 0.248. The van der Waals surface area contributed by atoms with E-state index in [-0.39, 0.29) is 18.0 Å². The molecular formula is C28H26Cl2N4O3. The Balaban J connectivity index is 1.79. The van der Waals surface area contributed by atoms with Crippen molar-refractivity contribution >= 4 is 34.8 Å². The fraction of sp³-hybridized carbons (Fsp3) is 0.250. The van der Waals surface area contributed by atoms with Crippen molar-refractivity contribution in [3.8, 4) is 23.1 Å². The lowest BCUT2D eigenvalue weighted by Crippen LogP contribution is -2.30. The molecule has 0 N–H and O–H groups in total. The van der Waals surface area contributed by atoms with Crippen LogP contribution >= 0.6 is 23.2 Å². The summed E-state index contributed by atoms with van der Waals surface area (Å²) in [5, 5.41) is 1.19. The number of rotatable bonds is 6. The Morgan fingerprint density at radius 2 is 1.65 bits per heavy atom. The van der Waals surface area contributed by atoms with Crippen molar-refractivity contribution in [2.75, 3.05) is 19.1 Å². The third kappa shape index (κ3) is 4.22. The molecule has 3 heterocycles. The van der Waals surface area contributed by atoms with E-state index in [0.717, 1.165) is 28.2 Å². The van der Waals surface area contributed by atoms with E-state index < -0.39 is 6.04 Å². The van der Waals surface area contributed by atoms with Gasteiger partial charge >= 0.3 is 6.01 Å². The lowest BCUT2D eigenvalue weighted by molar-refractivity contribution is 0.0993. The van der Waals surface area contributed by atoms with Crippen molar-refractivity contribution < 1.29 is 14.3 Å². The van der Waals surface area contributed by atoms with E-state index >= 15 is 0 Å². The molecule has 0 spiro atoms. The second-order valence-corrected chi connectivity index (χ2v) is 10.0. The van der Waals surface area contributed by atoms with Crippen molar-refractivity contribution in [2.24, 2.45) is 0 Å². The number of hydrogen-bond donors (Lipinski definition) is 0. The van der Waals surface area contributed by atoms with Gasteiger partial charge in [0.2, 0.25) is 5.88 Å². The third-order valence-electron chi connectivity index (χ3n) is 6.56. The number of nitrogens with zero attached hydrogens (tertiary/aromatic N) is 4. The summed E-state index contributed by atoms with van der Waals surface area (Å²) in [6, 6.07) is 14.9. The summed E-state index contributed by atoms with van der Waals surface area (Å²) in [6.45, 7) is 6.14. The van der Waals surface area contributed by atoms with Gasteiger partial charge in [-0.15, -0.1) is 0 Å². The zero-order valence-electron chi connectivity index (χ0n) is 21.1. The van der Waals surface area contributed by atoms with Crippen LogP contribution in [0.3, 0.4) is 0 Å². The van der Waals surface area contributed by atoms with Gasteiger partial charge in [0.15, 0.2) is 0 Å². The maximum absolute atomic E-state index is 14.1. The van der Waals surface area contributed by atoms with Crippen molar-refractivity contribution in [1.29, 1.82) is 0 Å². The number of anilines is 1. The number of halogens is 2. The van der Waals surface area contributed by atoms with Gasteiger partial charge in [0.05, 0.1) is 36.7 Å². The van der Waals surface area contributed by atoms with Crippen molar-refractivity contribution in [2.45, 2.75) is 32.9 Å². The second kappa shape index (κ2) is 9.72. The van der Waals surface area contributed by atoms with E-state index in [9.17, 15) is 4.79 Å². The Bertz CT molecular complexity index is 1500. The minimum atomic E-state index is -0.404. The summed E-state index contributed by atoms with van der Waals surface area (Å²) < 4.78 is 12.9. The summed E-state index contributed by atoms with van der Waals surface area (Å²) in [5.41, 5.74) is 5.56. The highest BCUT2D eigenvalue weighted by atomic mass is 35.5. The number of ether oxygens (including phenoxy) is 2. The van der Waals surface area contributed by atoms with E-state index in [1.54, 1.807) is 13.3 Å². The summed E-state index contributed by atoms with van der Waals surface area (Å²) in [6.07, 6.45) is 1.66. The fourth-order valence-electron chi connectivity index (χ4n) is 4.95. The Hall–Kier alpha value is -3.55. The number of aryl methyl sites for hydroxylation is 1. The Labute approximate surface area is 225 Å². The number of amides is 1. The van der Waals surface area contributed by atoms with Crippen LogP contribution in [0.25, 0.3) is 11.3 Å². The van der Waals surface area contributed by atoms with Gasteiger partial charge < -0.3 is 14.0 Å². The van der Waals surface area contributed by atoms with Gasteiger partial charge in [-0.2, -0.15) is 4.98 Å². The molecule has 0 aliphatic carbocycles. The van der Waals surface area contributed by atoms with Gasteiger partial charge in [-0.25, -0.2) is 4.98 Å². The molecular weight excluding hydrogens is 511 g/mol. The van der Waals surface area contributed by atoms with Crippen molar-refractivity contribution in [3.05, 3.63) is 87.2 Å². The number of carbonyl (C=O) groups excluding carboxylic acids is 1. The molecule has 1 aliphatic heterocycles. The highest BCUT2D eigenvalue weighted by Gasteiger charge is 2.44. The number of methoxy groups -OCH3 is 2. The summed E-state index contributed by atoms with van der Waals surface area (Å²) in [4.78, 5) is 24.6. The van der Waals surface area contributed by atoms with Gasteiger partial charge in [-0.3, -0.25) is 9.69 Å². The molecule has 1 aliphatic rings. The van der Waals surface area contributed by atoms with E-state index in [1.807, 2.05) is 60.4 Å².